The van der Waals surface area contributed by atoms with Crippen LogP contribution in [0.15, 0.2) is 0 Å². The van der Waals surface area contributed by atoms with Crippen molar-refractivity contribution in [2.45, 2.75) is 71.8 Å². The highest BCUT2D eigenvalue weighted by atomic mass is 15.1. The van der Waals surface area contributed by atoms with Crippen LogP contribution in [0, 0.1) is 5.92 Å². The van der Waals surface area contributed by atoms with Gasteiger partial charge in [0, 0.05) is 12.6 Å². The van der Waals surface area contributed by atoms with Gasteiger partial charge in [0.25, 0.3) is 0 Å². The van der Waals surface area contributed by atoms with Crippen LogP contribution in [0.25, 0.3) is 0 Å². The van der Waals surface area contributed by atoms with E-state index in [0.717, 1.165) is 12.0 Å². The molecule has 1 saturated heterocycles. The lowest BCUT2D eigenvalue weighted by Crippen LogP contribution is -2.40. The maximum atomic E-state index is 3.47. The highest BCUT2D eigenvalue weighted by Crippen LogP contribution is 2.17. The van der Waals surface area contributed by atoms with E-state index < -0.39 is 0 Å². The topological polar surface area (TPSA) is 15.3 Å². The summed E-state index contributed by atoms with van der Waals surface area (Å²) in [6.07, 6.45) is 9.59. The molecule has 2 heteroatoms. The van der Waals surface area contributed by atoms with Gasteiger partial charge in [-0.05, 0) is 58.2 Å². The van der Waals surface area contributed by atoms with E-state index in [1.54, 1.807) is 0 Å². The Morgan fingerprint density at radius 3 is 2.44 bits per heavy atom. The number of unbranched alkanes of at least 4 members (excludes halogenated alkanes) is 2. The molecule has 0 aromatic carbocycles. The summed E-state index contributed by atoms with van der Waals surface area (Å²) in [6, 6.07) is 0.784. The van der Waals surface area contributed by atoms with Crippen molar-refractivity contribution in [3.63, 3.8) is 0 Å². The molecular weight excluding hydrogens is 220 g/mol. The lowest BCUT2D eigenvalue weighted by atomic mass is 9.96. The van der Waals surface area contributed by atoms with Crippen molar-refractivity contribution < 1.29 is 0 Å². The summed E-state index contributed by atoms with van der Waals surface area (Å²) in [4.78, 5) is 2.76. The average molecular weight is 254 g/mol. The summed E-state index contributed by atoms with van der Waals surface area (Å²) in [7, 11) is 0. The lowest BCUT2D eigenvalue weighted by molar-refractivity contribution is 0.152. The van der Waals surface area contributed by atoms with Crippen LogP contribution < -0.4 is 5.32 Å². The SMILES string of the molecule is CCCCCC(C)N(CCC)CC1CCNCC1. The van der Waals surface area contributed by atoms with Crippen LogP contribution in [-0.2, 0) is 0 Å². The molecule has 0 aromatic rings. The van der Waals surface area contributed by atoms with Gasteiger partial charge in [0.05, 0.1) is 0 Å². The second-order valence-corrected chi connectivity index (χ2v) is 6.03. The largest absolute Gasteiger partial charge is 0.317 e. The fourth-order valence-corrected chi connectivity index (χ4v) is 3.05. The van der Waals surface area contributed by atoms with Gasteiger partial charge >= 0.3 is 0 Å². The molecule has 0 bridgehead atoms. The molecule has 18 heavy (non-hydrogen) atoms. The Kier molecular flexibility index (Phi) is 8.70. The number of nitrogens with one attached hydrogen (secondary N) is 1. The van der Waals surface area contributed by atoms with E-state index in [2.05, 4.69) is 31.0 Å². The van der Waals surface area contributed by atoms with Crippen LogP contribution in [-0.4, -0.2) is 37.1 Å². The molecule has 1 fully saturated rings. The maximum absolute atomic E-state index is 3.47. The minimum absolute atomic E-state index is 0.784. The molecule has 2 nitrogen and oxygen atoms in total. The Bertz CT molecular complexity index is 188. The van der Waals surface area contributed by atoms with E-state index in [9.17, 15) is 0 Å². The summed E-state index contributed by atoms with van der Waals surface area (Å²) in [5.74, 6) is 0.937. The molecule has 0 radical (unpaired) electrons. The maximum Gasteiger partial charge on any atom is 0.00670 e. The van der Waals surface area contributed by atoms with Gasteiger partial charge in [0.15, 0.2) is 0 Å². The van der Waals surface area contributed by atoms with E-state index >= 15 is 0 Å². The van der Waals surface area contributed by atoms with Crippen LogP contribution in [0.3, 0.4) is 0 Å². The van der Waals surface area contributed by atoms with Gasteiger partial charge in [-0.2, -0.15) is 0 Å². The Hall–Kier alpha value is -0.0800. The summed E-state index contributed by atoms with van der Waals surface area (Å²) in [5, 5.41) is 3.47. The third kappa shape index (κ3) is 6.19. The number of hydrogen-bond acceptors (Lipinski definition) is 2. The van der Waals surface area contributed by atoms with Crippen molar-refractivity contribution in [1.82, 2.24) is 10.2 Å². The summed E-state index contributed by atoms with van der Waals surface area (Å²) < 4.78 is 0. The molecule has 1 unspecified atom stereocenters. The first kappa shape index (κ1) is 16.0. The summed E-state index contributed by atoms with van der Waals surface area (Å²) >= 11 is 0. The van der Waals surface area contributed by atoms with Crippen molar-refractivity contribution >= 4 is 0 Å². The lowest BCUT2D eigenvalue weighted by Gasteiger charge is -2.34. The molecule has 0 saturated carbocycles. The van der Waals surface area contributed by atoms with Crippen LogP contribution in [0.2, 0.25) is 0 Å². The first-order chi connectivity index (χ1) is 8.77. The molecule has 1 atom stereocenters. The normalized spacial score (nSPS) is 19.3. The predicted molar refractivity (Wildman–Crippen MR) is 81.1 cm³/mol. The third-order valence-corrected chi connectivity index (χ3v) is 4.31. The molecule has 1 heterocycles. The number of nitrogens with zero attached hydrogens (tertiary/aromatic N) is 1. The van der Waals surface area contributed by atoms with Crippen molar-refractivity contribution in [3.05, 3.63) is 0 Å². The minimum Gasteiger partial charge on any atom is -0.317 e. The fraction of sp³-hybridized carbons (Fsp3) is 1.00. The first-order valence-electron chi connectivity index (χ1n) is 8.22. The van der Waals surface area contributed by atoms with Gasteiger partial charge in [0.2, 0.25) is 0 Å². The second-order valence-electron chi connectivity index (χ2n) is 6.03. The Morgan fingerprint density at radius 1 is 1.11 bits per heavy atom. The van der Waals surface area contributed by atoms with E-state index in [1.165, 1.54) is 71.1 Å². The zero-order valence-corrected chi connectivity index (χ0v) is 12.9. The molecule has 0 amide bonds. The van der Waals surface area contributed by atoms with Crippen molar-refractivity contribution in [1.29, 1.82) is 0 Å². The average Bonchev–Trinajstić information content (AvgIpc) is 2.39. The highest BCUT2D eigenvalue weighted by molar-refractivity contribution is 4.75. The van der Waals surface area contributed by atoms with E-state index in [0.29, 0.717) is 0 Å². The highest BCUT2D eigenvalue weighted by Gasteiger charge is 2.19. The molecule has 0 aromatic heterocycles. The van der Waals surface area contributed by atoms with Crippen LogP contribution in [0.4, 0.5) is 0 Å². The second kappa shape index (κ2) is 9.80. The Balaban J connectivity index is 2.31. The van der Waals surface area contributed by atoms with Gasteiger partial charge in [-0.25, -0.2) is 0 Å². The summed E-state index contributed by atoms with van der Waals surface area (Å²) in [6.45, 7) is 12.1. The van der Waals surface area contributed by atoms with Gasteiger partial charge in [-0.15, -0.1) is 0 Å². The standard InChI is InChI=1S/C16H34N2/c1-4-6-7-8-15(3)18(13-5-2)14-16-9-11-17-12-10-16/h15-17H,4-14H2,1-3H3. The first-order valence-corrected chi connectivity index (χ1v) is 8.22. The van der Waals surface area contributed by atoms with Gasteiger partial charge in [-0.3, -0.25) is 0 Å². The van der Waals surface area contributed by atoms with Crippen LogP contribution >= 0.6 is 0 Å². The monoisotopic (exact) mass is 254 g/mol. The molecule has 1 aliphatic heterocycles. The smallest absolute Gasteiger partial charge is 0.00670 e. The van der Waals surface area contributed by atoms with Gasteiger partial charge < -0.3 is 10.2 Å². The Labute approximate surface area is 115 Å². The third-order valence-electron chi connectivity index (χ3n) is 4.31. The van der Waals surface area contributed by atoms with Crippen molar-refractivity contribution in [3.8, 4) is 0 Å². The van der Waals surface area contributed by atoms with E-state index in [-0.39, 0.29) is 0 Å². The van der Waals surface area contributed by atoms with Gasteiger partial charge in [0.1, 0.15) is 0 Å². The summed E-state index contributed by atoms with van der Waals surface area (Å²) in [5.41, 5.74) is 0. The zero-order chi connectivity index (χ0) is 13.2. The molecule has 0 aliphatic carbocycles. The number of rotatable bonds is 9. The quantitative estimate of drug-likeness (QED) is 0.632. The Morgan fingerprint density at radius 2 is 1.83 bits per heavy atom. The number of piperidine rings is 1. The predicted octanol–water partition coefficient (Wildman–Crippen LogP) is 3.67. The van der Waals surface area contributed by atoms with E-state index in [4.69, 9.17) is 0 Å². The molecular formula is C16H34N2. The van der Waals surface area contributed by atoms with Crippen molar-refractivity contribution in [2.75, 3.05) is 26.2 Å². The molecule has 108 valence electrons. The molecule has 1 rings (SSSR count). The molecule has 1 N–H and O–H groups in total. The van der Waals surface area contributed by atoms with Crippen molar-refractivity contribution in [2.24, 2.45) is 5.92 Å². The zero-order valence-electron chi connectivity index (χ0n) is 12.9. The van der Waals surface area contributed by atoms with Crippen LogP contribution in [0.5, 0.6) is 0 Å². The van der Waals surface area contributed by atoms with E-state index in [1.807, 2.05) is 0 Å². The van der Waals surface area contributed by atoms with Crippen LogP contribution in [0.1, 0.15) is 65.7 Å². The minimum atomic E-state index is 0.784. The fourth-order valence-electron chi connectivity index (χ4n) is 3.05. The molecule has 1 aliphatic rings. The molecule has 0 spiro atoms. The van der Waals surface area contributed by atoms with Gasteiger partial charge in [-0.1, -0.05) is 33.1 Å². The number of hydrogen-bond donors (Lipinski definition) is 1.